The van der Waals surface area contributed by atoms with Gasteiger partial charge in [0.2, 0.25) is 6.79 Å². The Morgan fingerprint density at radius 2 is 2.12 bits per heavy atom. The molecular formula is C18H23N3O4. The van der Waals surface area contributed by atoms with Crippen molar-refractivity contribution in [3.63, 3.8) is 0 Å². The van der Waals surface area contributed by atoms with Crippen LogP contribution in [0.15, 0.2) is 18.2 Å². The Labute approximate surface area is 146 Å². The molecule has 3 heterocycles. The largest absolute Gasteiger partial charge is 0.454 e. The average molecular weight is 345 g/mol. The number of benzene rings is 1. The molecular weight excluding hydrogens is 322 g/mol. The van der Waals surface area contributed by atoms with Gasteiger partial charge in [-0.3, -0.25) is 9.69 Å². The number of amides is 3. The van der Waals surface area contributed by atoms with Gasteiger partial charge in [-0.25, -0.2) is 4.79 Å². The van der Waals surface area contributed by atoms with E-state index in [4.69, 9.17) is 9.47 Å². The maximum Gasteiger partial charge on any atom is 0.325 e. The number of nitrogens with zero attached hydrogens (tertiary/aromatic N) is 1. The summed E-state index contributed by atoms with van der Waals surface area (Å²) in [6.07, 6.45) is 2.39. The molecule has 0 aliphatic carbocycles. The highest BCUT2D eigenvalue weighted by molar-refractivity contribution is 6.06. The minimum absolute atomic E-state index is 0.152. The van der Waals surface area contributed by atoms with Crippen molar-refractivity contribution in [3.05, 3.63) is 23.8 Å². The standard InChI is InChI=1S/C18H23N3O4/c1-18(9-13-2-3-14-15(8-13)25-11-24-14)16(22)21(17(23)20-18)7-5-12-4-6-19-10-12/h2-3,8,12,19H,4-7,9-11H2,1H3,(H,20,23). The first-order valence-corrected chi connectivity index (χ1v) is 8.78. The van der Waals surface area contributed by atoms with Crippen LogP contribution in [0.1, 0.15) is 25.3 Å². The number of urea groups is 1. The predicted octanol–water partition coefficient (Wildman–Crippen LogP) is 1.27. The Balaban J connectivity index is 1.44. The molecule has 1 aromatic rings. The SMILES string of the molecule is CC1(Cc2ccc3c(c2)OCO3)NC(=O)N(CCC2CCNC2)C1=O. The first-order valence-electron chi connectivity index (χ1n) is 8.78. The smallest absolute Gasteiger partial charge is 0.325 e. The number of imide groups is 1. The van der Waals surface area contributed by atoms with Crippen molar-refractivity contribution in [3.8, 4) is 11.5 Å². The fourth-order valence-corrected chi connectivity index (χ4v) is 3.80. The van der Waals surface area contributed by atoms with Crippen LogP contribution in [-0.2, 0) is 11.2 Å². The number of carbonyl (C=O) groups is 2. The molecule has 2 saturated heterocycles. The second-order valence-electron chi connectivity index (χ2n) is 7.23. The topological polar surface area (TPSA) is 79.9 Å². The first-order chi connectivity index (χ1) is 12.0. The van der Waals surface area contributed by atoms with E-state index in [2.05, 4.69) is 10.6 Å². The fraction of sp³-hybridized carbons (Fsp3) is 0.556. The molecule has 7 heteroatoms. The molecule has 0 bridgehead atoms. The molecule has 0 saturated carbocycles. The quantitative estimate of drug-likeness (QED) is 0.786. The van der Waals surface area contributed by atoms with Crippen LogP contribution in [0.4, 0.5) is 4.79 Å². The van der Waals surface area contributed by atoms with Gasteiger partial charge in [0.25, 0.3) is 5.91 Å². The van der Waals surface area contributed by atoms with Crippen LogP contribution in [0.2, 0.25) is 0 Å². The Hall–Kier alpha value is -2.28. The number of ether oxygens (including phenoxy) is 2. The van der Waals surface area contributed by atoms with Gasteiger partial charge in [0.15, 0.2) is 11.5 Å². The van der Waals surface area contributed by atoms with E-state index in [9.17, 15) is 9.59 Å². The Morgan fingerprint density at radius 1 is 1.28 bits per heavy atom. The van der Waals surface area contributed by atoms with E-state index in [1.807, 2.05) is 18.2 Å². The van der Waals surface area contributed by atoms with Crippen LogP contribution in [0.3, 0.4) is 0 Å². The van der Waals surface area contributed by atoms with Gasteiger partial charge in [-0.15, -0.1) is 0 Å². The molecule has 3 aliphatic heterocycles. The van der Waals surface area contributed by atoms with Gasteiger partial charge >= 0.3 is 6.03 Å². The summed E-state index contributed by atoms with van der Waals surface area (Å²) in [6.45, 7) is 4.48. The summed E-state index contributed by atoms with van der Waals surface area (Å²) in [6, 6.07) is 5.33. The molecule has 2 fully saturated rings. The van der Waals surface area contributed by atoms with Gasteiger partial charge in [0.05, 0.1) is 0 Å². The van der Waals surface area contributed by atoms with Crippen molar-refractivity contribution < 1.29 is 19.1 Å². The van der Waals surface area contributed by atoms with E-state index in [0.29, 0.717) is 30.4 Å². The van der Waals surface area contributed by atoms with E-state index < -0.39 is 5.54 Å². The number of hydrogen-bond acceptors (Lipinski definition) is 5. The average Bonchev–Trinajstić information content (AvgIpc) is 3.28. The molecule has 0 aromatic heterocycles. The molecule has 2 unspecified atom stereocenters. The first kappa shape index (κ1) is 16.2. The van der Waals surface area contributed by atoms with Gasteiger partial charge < -0.3 is 20.1 Å². The molecule has 2 atom stereocenters. The third-order valence-corrected chi connectivity index (χ3v) is 5.26. The van der Waals surface area contributed by atoms with Crippen LogP contribution in [0.25, 0.3) is 0 Å². The molecule has 1 aromatic carbocycles. The summed E-state index contributed by atoms with van der Waals surface area (Å²) in [4.78, 5) is 26.5. The zero-order valence-electron chi connectivity index (χ0n) is 14.3. The van der Waals surface area contributed by atoms with E-state index in [1.54, 1.807) is 6.92 Å². The van der Waals surface area contributed by atoms with Gasteiger partial charge in [-0.05, 0) is 56.5 Å². The summed E-state index contributed by atoms with van der Waals surface area (Å²) < 4.78 is 10.7. The lowest BCUT2D eigenvalue weighted by atomic mass is 9.92. The Bertz CT molecular complexity index is 702. The Kier molecular flexibility index (Phi) is 4.03. The zero-order chi connectivity index (χ0) is 17.4. The van der Waals surface area contributed by atoms with Crippen LogP contribution >= 0.6 is 0 Å². The van der Waals surface area contributed by atoms with Crippen LogP contribution in [0, 0.1) is 5.92 Å². The lowest BCUT2D eigenvalue weighted by molar-refractivity contribution is -0.130. The van der Waals surface area contributed by atoms with Gasteiger partial charge in [-0.2, -0.15) is 0 Å². The second kappa shape index (κ2) is 6.22. The minimum atomic E-state index is -0.918. The van der Waals surface area contributed by atoms with Crippen LogP contribution in [0.5, 0.6) is 11.5 Å². The molecule has 134 valence electrons. The van der Waals surface area contributed by atoms with Gasteiger partial charge in [0.1, 0.15) is 5.54 Å². The Morgan fingerprint density at radius 3 is 2.92 bits per heavy atom. The lowest BCUT2D eigenvalue weighted by Crippen LogP contribution is -2.46. The summed E-state index contributed by atoms with van der Waals surface area (Å²) >= 11 is 0. The van der Waals surface area contributed by atoms with Crippen molar-refractivity contribution in [1.82, 2.24) is 15.5 Å². The number of rotatable bonds is 5. The van der Waals surface area contributed by atoms with Crippen molar-refractivity contribution in [2.45, 2.75) is 31.7 Å². The summed E-state index contributed by atoms with van der Waals surface area (Å²) in [7, 11) is 0. The predicted molar refractivity (Wildman–Crippen MR) is 90.5 cm³/mol. The van der Waals surface area contributed by atoms with Crippen molar-refractivity contribution in [1.29, 1.82) is 0 Å². The van der Waals surface area contributed by atoms with Gasteiger partial charge in [0, 0.05) is 13.0 Å². The molecule has 3 amide bonds. The number of carbonyl (C=O) groups excluding carboxylic acids is 2. The summed E-state index contributed by atoms with van der Waals surface area (Å²) in [5.41, 5.74) is 0.0147. The lowest BCUT2D eigenvalue weighted by Gasteiger charge is -2.22. The zero-order valence-corrected chi connectivity index (χ0v) is 14.3. The molecule has 7 nitrogen and oxygen atoms in total. The van der Waals surface area contributed by atoms with Crippen LogP contribution in [-0.4, -0.2) is 48.8 Å². The number of nitrogens with one attached hydrogen (secondary N) is 2. The monoisotopic (exact) mass is 345 g/mol. The van der Waals surface area contributed by atoms with Crippen molar-refractivity contribution in [2.75, 3.05) is 26.4 Å². The van der Waals surface area contributed by atoms with E-state index in [1.165, 1.54) is 4.90 Å². The number of hydrogen-bond donors (Lipinski definition) is 2. The molecule has 25 heavy (non-hydrogen) atoms. The van der Waals surface area contributed by atoms with Crippen LogP contribution < -0.4 is 20.1 Å². The van der Waals surface area contributed by atoms with Crippen molar-refractivity contribution >= 4 is 11.9 Å². The summed E-state index contributed by atoms with van der Waals surface area (Å²) in [5, 5.41) is 6.18. The van der Waals surface area contributed by atoms with E-state index in [-0.39, 0.29) is 18.7 Å². The maximum atomic E-state index is 12.9. The summed E-state index contributed by atoms with van der Waals surface area (Å²) in [5.74, 6) is 1.79. The van der Waals surface area contributed by atoms with E-state index in [0.717, 1.165) is 31.5 Å². The third-order valence-electron chi connectivity index (χ3n) is 5.26. The second-order valence-corrected chi connectivity index (χ2v) is 7.23. The normalized spacial score (nSPS) is 27.9. The highest BCUT2D eigenvalue weighted by Gasteiger charge is 2.47. The van der Waals surface area contributed by atoms with Gasteiger partial charge in [-0.1, -0.05) is 6.07 Å². The minimum Gasteiger partial charge on any atom is -0.454 e. The molecule has 4 rings (SSSR count). The molecule has 0 radical (unpaired) electrons. The third kappa shape index (κ3) is 3.04. The highest BCUT2D eigenvalue weighted by Crippen LogP contribution is 2.34. The van der Waals surface area contributed by atoms with E-state index >= 15 is 0 Å². The fourth-order valence-electron chi connectivity index (χ4n) is 3.80. The molecule has 3 aliphatic rings. The molecule has 0 spiro atoms. The highest BCUT2D eigenvalue weighted by atomic mass is 16.7. The number of fused-ring (bicyclic) bond motifs is 1. The van der Waals surface area contributed by atoms with Crippen molar-refractivity contribution in [2.24, 2.45) is 5.92 Å². The maximum absolute atomic E-state index is 12.9. The molecule has 2 N–H and O–H groups in total.